The molecule has 0 saturated heterocycles. The number of aromatic nitrogens is 2. The lowest BCUT2D eigenvalue weighted by molar-refractivity contribution is 0.194. The van der Waals surface area contributed by atoms with E-state index in [1.54, 1.807) is 30.5 Å². The van der Waals surface area contributed by atoms with E-state index in [1.165, 1.54) is 6.33 Å². The third-order valence-electron chi connectivity index (χ3n) is 5.22. The predicted molar refractivity (Wildman–Crippen MR) is 135 cm³/mol. The molecule has 1 unspecified atom stereocenters. The van der Waals surface area contributed by atoms with Crippen molar-refractivity contribution in [3.05, 3.63) is 65.6 Å². The molecule has 2 N–H and O–H groups in total. The molecular formula is C27H31ClN4O2. The molecule has 0 saturated carbocycles. The van der Waals surface area contributed by atoms with Gasteiger partial charge >= 0.3 is 0 Å². The number of benzene rings is 2. The smallest absolute Gasteiger partial charge is 0.146 e. The Hall–Kier alpha value is -3.14. The summed E-state index contributed by atoms with van der Waals surface area (Å²) in [5.41, 5.74) is 7.67. The molecular weight excluding hydrogens is 448 g/mol. The summed E-state index contributed by atoms with van der Waals surface area (Å²) in [4.78, 5) is 8.17. The Labute approximate surface area is 206 Å². The van der Waals surface area contributed by atoms with E-state index in [9.17, 15) is 5.26 Å². The minimum atomic E-state index is -0.253. The van der Waals surface area contributed by atoms with E-state index in [1.807, 2.05) is 32.0 Å². The molecule has 1 aromatic heterocycles. The largest absolute Gasteiger partial charge is 0.493 e. The highest BCUT2D eigenvalue weighted by Gasteiger charge is 2.21. The molecule has 1 heterocycles. The third kappa shape index (κ3) is 7.18. The van der Waals surface area contributed by atoms with E-state index in [2.05, 4.69) is 29.9 Å². The van der Waals surface area contributed by atoms with E-state index < -0.39 is 0 Å². The van der Waals surface area contributed by atoms with Gasteiger partial charge in [0.1, 0.15) is 35.2 Å². The van der Waals surface area contributed by atoms with E-state index in [4.69, 9.17) is 26.8 Å². The van der Waals surface area contributed by atoms with Crippen molar-refractivity contribution in [2.75, 3.05) is 6.61 Å². The van der Waals surface area contributed by atoms with Gasteiger partial charge in [0.05, 0.1) is 17.3 Å². The van der Waals surface area contributed by atoms with Crippen LogP contribution in [0.25, 0.3) is 11.3 Å². The van der Waals surface area contributed by atoms with Gasteiger partial charge in [-0.15, -0.1) is 0 Å². The van der Waals surface area contributed by atoms with Gasteiger partial charge in [-0.25, -0.2) is 9.97 Å². The molecule has 178 valence electrons. The van der Waals surface area contributed by atoms with Crippen molar-refractivity contribution < 1.29 is 9.47 Å². The van der Waals surface area contributed by atoms with Crippen molar-refractivity contribution in [3.63, 3.8) is 0 Å². The summed E-state index contributed by atoms with van der Waals surface area (Å²) in [6.45, 7) is 9.05. The Morgan fingerprint density at radius 3 is 2.56 bits per heavy atom. The monoisotopic (exact) mass is 478 g/mol. The number of ether oxygens (including phenoxy) is 2. The lowest BCUT2D eigenvalue weighted by Crippen LogP contribution is -2.36. The molecule has 7 heteroatoms. The van der Waals surface area contributed by atoms with Gasteiger partial charge in [0.15, 0.2) is 0 Å². The quantitative estimate of drug-likeness (QED) is 0.351. The van der Waals surface area contributed by atoms with Crippen molar-refractivity contribution in [1.29, 1.82) is 5.26 Å². The van der Waals surface area contributed by atoms with Crippen LogP contribution in [0.15, 0.2) is 55.0 Å². The number of halogens is 1. The minimum Gasteiger partial charge on any atom is -0.493 e. The predicted octanol–water partition coefficient (Wildman–Crippen LogP) is 6.63. The SMILES string of the molecule is CC(C)CC(COc1ccc(Oc2cccc(-c3ccncn3)c2C#N)c(Cl)c1)CC(C)(C)N. The van der Waals surface area contributed by atoms with E-state index in [-0.39, 0.29) is 5.54 Å². The van der Waals surface area contributed by atoms with Gasteiger partial charge in [-0.3, -0.25) is 0 Å². The van der Waals surface area contributed by atoms with Crippen molar-refractivity contribution in [2.24, 2.45) is 17.6 Å². The molecule has 0 aliphatic heterocycles. The first-order valence-electron chi connectivity index (χ1n) is 11.3. The van der Waals surface area contributed by atoms with Gasteiger partial charge in [0.25, 0.3) is 0 Å². The molecule has 0 aliphatic carbocycles. The van der Waals surface area contributed by atoms with Crippen LogP contribution in [0.1, 0.15) is 46.1 Å². The summed E-state index contributed by atoms with van der Waals surface area (Å²) in [5.74, 6) is 2.40. The number of hydrogen-bond donors (Lipinski definition) is 1. The molecule has 0 amide bonds. The fourth-order valence-electron chi connectivity index (χ4n) is 4.00. The number of rotatable bonds is 10. The number of hydrogen-bond acceptors (Lipinski definition) is 6. The summed E-state index contributed by atoms with van der Waals surface area (Å²) >= 11 is 6.51. The molecule has 34 heavy (non-hydrogen) atoms. The van der Waals surface area contributed by atoms with Gasteiger partial charge in [0.2, 0.25) is 0 Å². The Kier molecular flexibility index (Phi) is 8.49. The second-order valence-electron chi connectivity index (χ2n) is 9.58. The summed E-state index contributed by atoms with van der Waals surface area (Å²) in [6, 6.07) is 14.6. The maximum atomic E-state index is 9.78. The highest BCUT2D eigenvalue weighted by atomic mass is 35.5. The van der Waals surface area contributed by atoms with Gasteiger partial charge in [-0.05, 0) is 62.8 Å². The standard InChI is InChI=1S/C27H31ClN4O2/c1-18(2)12-19(14-27(3,4)30)16-33-20-8-9-26(23(28)13-20)34-25-7-5-6-21(22(25)15-29)24-10-11-31-17-32-24/h5-11,13,17-19H,12,14,16,30H2,1-4H3. The molecule has 0 bridgehead atoms. The summed E-state index contributed by atoms with van der Waals surface area (Å²) in [5, 5.41) is 10.2. The van der Waals surface area contributed by atoms with Crippen LogP contribution in [-0.2, 0) is 0 Å². The third-order valence-corrected chi connectivity index (χ3v) is 5.52. The number of nitriles is 1. The maximum Gasteiger partial charge on any atom is 0.146 e. The molecule has 3 rings (SSSR count). The molecule has 0 radical (unpaired) electrons. The van der Waals surface area contributed by atoms with Crippen molar-refractivity contribution in [3.8, 4) is 34.6 Å². The van der Waals surface area contributed by atoms with Crippen LogP contribution in [-0.4, -0.2) is 22.1 Å². The van der Waals surface area contributed by atoms with Crippen LogP contribution < -0.4 is 15.2 Å². The van der Waals surface area contributed by atoms with Gasteiger partial charge < -0.3 is 15.2 Å². The highest BCUT2D eigenvalue weighted by molar-refractivity contribution is 6.32. The molecule has 0 aliphatic rings. The number of nitrogens with two attached hydrogens (primary N) is 1. The van der Waals surface area contributed by atoms with Crippen molar-refractivity contribution in [2.45, 2.75) is 46.1 Å². The second kappa shape index (κ2) is 11.3. The fourth-order valence-corrected chi connectivity index (χ4v) is 4.21. The summed E-state index contributed by atoms with van der Waals surface area (Å²) in [6.07, 6.45) is 4.99. The Morgan fingerprint density at radius 1 is 1.15 bits per heavy atom. The summed E-state index contributed by atoms with van der Waals surface area (Å²) < 4.78 is 12.1. The first kappa shape index (κ1) is 25.5. The average Bonchev–Trinajstić information content (AvgIpc) is 2.78. The normalized spacial score (nSPS) is 12.3. The molecule has 6 nitrogen and oxygen atoms in total. The van der Waals surface area contributed by atoms with Crippen LogP contribution in [0, 0.1) is 23.2 Å². The van der Waals surface area contributed by atoms with Crippen molar-refractivity contribution >= 4 is 11.6 Å². The Morgan fingerprint density at radius 2 is 1.94 bits per heavy atom. The van der Waals surface area contributed by atoms with Gasteiger partial charge in [0, 0.05) is 23.4 Å². The Bertz CT molecular complexity index is 1140. The minimum absolute atomic E-state index is 0.253. The topological polar surface area (TPSA) is 94.0 Å². The molecule has 0 spiro atoms. The Balaban J connectivity index is 1.75. The lowest BCUT2D eigenvalue weighted by Gasteiger charge is -2.27. The van der Waals surface area contributed by atoms with E-state index in [0.29, 0.717) is 57.5 Å². The van der Waals surface area contributed by atoms with Crippen molar-refractivity contribution in [1.82, 2.24) is 9.97 Å². The molecule has 2 aromatic carbocycles. The zero-order valence-electron chi connectivity index (χ0n) is 20.1. The van der Waals surface area contributed by atoms with Gasteiger partial charge in [-0.1, -0.05) is 37.6 Å². The lowest BCUT2D eigenvalue weighted by atomic mass is 9.86. The maximum absolute atomic E-state index is 9.78. The van der Waals surface area contributed by atoms with E-state index in [0.717, 1.165) is 12.8 Å². The average molecular weight is 479 g/mol. The van der Waals surface area contributed by atoms with Crippen LogP contribution in [0.5, 0.6) is 17.2 Å². The fraction of sp³-hybridized carbons (Fsp3) is 0.370. The zero-order valence-corrected chi connectivity index (χ0v) is 20.8. The van der Waals surface area contributed by atoms with Crippen LogP contribution in [0.3, 0.4) is 0 Å². The molecule has 3 aromatic rings. The van der Waals surface area contributed by atoms with Gasteiger partial charge in [-0.2, -0.15) is 5.26 Å². The van der Waals surface area contributed by atoms with Crippen LogP contribution in [0.4, 0.5) is 0 Å². The van der Waals surface area contributed by atoms with Crippen LogP contribution >= 0.6 is 11.6 Å². The molecule has 0 fully saturated rings. The number of nitrogens with zero attached hydrogens (tertiary/aromatic N) is 3. The van der Waals surface area contributed by atoms with E-state index >= 15 is 0 Å². The first-order chi connectivity index (χ1) is 16.2. The highest BCUT2D eigenvalue weighted by Crippen LogP contribution is 2.36. The summed E-state index contributed by atoms with van der Waals surface area (Å²) in [7, 11) is 0. The molecule has 1 atom stereocenters. The second-order valence-corrected chi connectivity index (χ2v) is 9.99. The van der Waals surface area contributed by atoms with Crippen LogP contribution in [0.2, 0.25) is 5.02 Å². The first-order valence-corrected chi connectivity index (χ1v) is 11.7. The zero-order chi connectivity index (χ0) is 24.7.